The third kappa shape index (κ3) is 14.1. The number of amides is 4. The van der Waals surface area contributed by atoms with Gasteiger partial charge in [-0.05, 0) is 109 Å². The van der Waals surface area contributed by atoms with Crippen molar-refractivity contribution in [2.45, 2.75) is 163 Å². The molecule has 2 aliphatic rings. The zero-order valence-electron chi connectivity index (χ0n) is 48.5. The molecule has 0 radical (unpaired) electrons. The molecule has 6 aromatic carbocycles. The average Bonchev–Trinajstić information content (AvgIpc) is 2.53. The molecular weight excluding hydrogens is 1090 g/mol. The predicted octanol–water partition coefficient (Wildman–Crippen LogP) is 12.7. The van der Waals surface area contributed by atoms with Crippen molar-refractivity contribution in [3.63, 3.8) is 0 Å². The van der Waals surface area contributed by atoms with E-state index in [0.717, 1.165) is 84.0 Å². The SMILES string of the molecule is CCn1c(SC(C(=O)N2CCC[C@@H]2C(=O)NCCCCCCCCCCCCCCNC(=O)[C@H]2CCCN2C(=O)[C@H](Sc2nc3cc4ccccc4cc3c(=O)n2CC)c2ccccc2)c2ccccc2)nc2cc3ccccc3cc2c1=O. The Morgan fingerprint density at radius 1 is 0.476 bits per heavy atom. The summed E-state index contributed by atoms with van der Waals surface area (Å²) < 4.78 is 3.30. The van der Waals surface area contributed by atoms with Gasteiger partial charge in [0.1, 0.15) is 22.6 Å². The van der Waals surface area contributed by atoms with E-state index in [2.05, 4.69) is 10.6 Å². The summed E-state index contributed by atoms with van der Waals surface area (Å²) in [5.41, 5.74) is 2.52. The Balaban J connectivity index is 0.607. The minimum absolute atomic E-state index is 0.103. The molecule has 8 aromatic rings. The number of rotatable bonds is 27. The van der Waals surface area contributed by atoms with Crippen molar-refractivity contribution in [1.29, 1.82) is 0 Å². The van der Waals surface area contributed by atoms with Crippen LogP contribution in [0.5, 0.6) is 0 Å². The van der Waals surface area contributed by atoms with Gasteiger partial charge in [-0.1, -0.05) is 197 Å². The van der Waals surface area contributed by atoms with Crippen molar-refractivity contribution in [2.24, 2.45) is 0 Å². The minimum Gasteiger partial charge on any atom is -0.354 e. The first kappa shape index (κ1) is 59.8. The molecule has 0 saturated carbocycles. The molecule has 14 nitrogen and oxygen atoms in total. The number of nitrogens with zero attached hydrogens (tertiary/aromatic N) is 6. The Bertz CT molecular complexity index is 3480. The Hall–Kier alpha value is -7.30. The van der Waals surface area contributed by atoms with E-state index in [4.69, 9.17) is 9.97 Å². The van der Waals surface area contributed by atoms with Crippen molar-refractivity contribution >= 4 is 90.5 Å². The number of fused-ring (bicyclic) bond motifs is 4. The highest BCUT2D eigenvalue weighted by molar-refractivity contribution is 8.00. The van der Waals surface area contributed by atoms with E-state index >= 15 is 0 Å². The minimum atomic E-state index is -0.689. The fourth-order valence-corrected chi connectivity index (χ4v) is 14.5. The highest BCUT2D eigenvalue weighted by Crippen LogP contribution is 2.40. The number of carbonyl (C=O) groups excluding carboxylic acids is 4. The van der Waals surface area contributed by atoms with E-state index in [-0.39, 0.29) is 34.7 Å². The quantitative estimate of drug-likeness (QED) is 0.0219. The molecule has 4 amide bonds. The summed E-state index contributed by atoms with van der Waals surface area (Å²) in [4.78, 5) is 97.8. The van der Waals surface area contributed by atoms with Gasteiger partial charge in [0.25, 0.3) is 11.1 Å². The van der Waals surface area contributed by atoms with Crippen LogP contribution in [0.15, 0.2) is 153 Å². The van der Waals surface area contributed by atoms with Gasteiger partial charge < -0.3 is 20.4 Å². The molecule has 438 valence electrons. The van der Waals surface area contributed by atoms with Crippen molar-refractivity contribution in [2.75, 3.05) is 26.2 Å². The van der Waals surface area contributed by atoms with Crippen molar-refractivity contribution in [1.82, 2.24) is 39.5 Å². The van der Waals surface area contributed by atoms with Crippen LogP contribution in [0.1, 0.15) is 138 Å². The van der Waals surface area contributed by atoms with Gasteiger partial charge in [0.05, 0.1) is 21.8 Å². The molecule has 10 rings (SSSR count). The third-order valence-electron chi connectivity index (χ3n) is 16.7. The number of nitrogens with one attached hydrogen (secondary N) is 2. The Morgan fingerprint density at radius 2 is 0.810 bits per heavy atom. The lowest BCUT2D eigenvalue weighted by Crippen LogP contribution is -2.47. The molecule has 0 bridgehead atoms. The second kappa shape index (κ2) is 29.0. The number of hydrogen-bond acceptors (Lipinski definition) is 10. The number of carbonyl (C=O) groups is 4. The largest absolute Gasteiger partial charge is 0.354 e. The molecule has 4 heterocycles. The van der Waals surface area contributed by atoms with Crippen LogP contribution in [-0.4, -0.2) is 90.8 Å². The molecular formula is C68H78N8O6S2. The van der Waals surface area contributed by atoms with E-state index in [1.54, 1.807) is 18.9 Å². The summed E-state index contributed by atoms with van der Waals surface area (Å²) >= 11 is 2.57. The van der Waals surface area contributed by atoms with Crippen LogP contribution in [0.4, 0.5) is 0 Å². The number of unbranched alkanes of at least 4 members (excludes halogenated alkanes) is 11. The van der Waals surface area contributed by atoms with Crippen molar-refractivity contribution < 1.29 is 19.2 Å². The molecule has 4 atom stereocenters. The molecule has 2 aliphatic heterocycles. The zero-order chi connectivity index (χ0) is 58.4. The molecule has 2 aromatic heterocycles. The van der Waals surface area contributed by atoms with Crippen LogP contribution in [0, 0.1) is 0 Å². The summed E-state index contributed by atoms with van der Waals surface area (Å²) in [5, 5.41) is 10.9. The molecule has 2 N–H and O–H groups in total. The van der Waals surface area contributed by atoms with Crippen LogP contribution in [-0.2, 0) is 32.3 Å². The lowest BCUT2D eigenvalue weighted by molar-refractivity contribution is -0.138. The topological polar surface area (TPSA) is 169 Å². The fraction of sp³-hybridized carbons (Fsp3) is 0.412. The van der Waals surface area contributed by atoms with Gasteiger partial charge >= 0.3 is 0 Å². The Morgan fingerprint density at radius 3 is 1.17 bits per heavy atom. The van der Waals surface area contributed by atoms with Gasteiger partial charge in [-0.2, -0.15) is 0 Å². The summed E-state index contributed by atoms with van der Waals surface area (Å²) in [6.45, 7) is 6.80. The predicted molar refractivity (Wildman–Crippen MR) is 339 cm³/mol. The fourth-order valence-electron chi connectivity index (χ4n) is 12.1. The number of benzene rings is 6. The van der Waals surface area contributed by atoms with Gasteiger partial charge in [-0.15, -0.1) is 0 Å². The van der Waals surface area contributed by atoms with E-state index < -0.39 is 22.6 Å². The first-order chi connectivity index (χ1) is 41.1. The first-order valence-corrected chi connectivity index (χ1v) is 32.3. The molecule has 1 unspecified atom stereocenters. The second-order valence-corrected chi connectivity index (χ2v) is 24.5. The maximum atomic E-state index is 14.6. The van der Waals surface area contributed by atoms with Gasteiger partial charge in [-0.25, -0.2) is 9.97 Å². The first-order valence-electron chi connectivity index (χ1n) is 30.6. The van der Waals surface area contributed by atoms with E-state index in [1.165, 1.54) is 62.0 Å². The maximum absolute atomic E-state index is 14.6. The summed E-state index contributed by atoms with van der Waals surface area (Å²) in [6.07, 6.45) is 16.0. The van der Waals surface area contributed by atoms with E-state index in [9.17, 15) is 28.8 Å². The number of aromatic nitrogens is 4. The molecule has 0 aliphatic carbocycles. The number of thioether (sulfide) groups is 2. The highest BCUT2D eigenvalue weighted by atomic mass is 32.2. The van der Waals surface area contributed by atoms with Crippen molar-refractivity contribution in [3.8, 4) is 0 Å². The smallest absolute Gasteiger partial charge is 0.262 e. The van der Waals surface area contributed by atoms with Crippen LogP contribution < -0.4 is 21.8 Å². The highest BCUT2D eigenvalue weighted by Gasteiger charge is 2.40. The number of hydrogen-bond donors (Lipinski definition) is 2. The number of likely N-dealkylation sites (tertiary alicyclic amines) is 2. The van der Waals surface area contributed by atoms with Crippen LogP contribution in [0.2, 0.25) is 0 Å². The van der Waals surface area contributed by atoms with Crippen LogP contribution >= 0.6 is 23.5 Å². The molecule has 84 heavy (non-hydrogen) atoms. The van der Waals surface area contributed by atoms with Crippen molar-refractivity contribution in [3.05, 3.63) is 165 Å². The average molecular weight is 1170 g/mol. The van der Waals surface area contributed by atoms with Gasteiger partial charge in [0, 0.05) is 39.3 Å². The summed E-state index contributed by atoms with van der Waals surface area (Å²) in [5.74, 6) is -0.501. The van der Waals surface area contributed by atoms with Crippen LogP contribution in [0.3, 0.4) is 0 Å². The third-order valence-corrected chi connectivity index (χ3v) is 19.1. The Kier molecular flexibility index (Phi) is 20.7. The van der Waals surface area contributed by atoms with Gasteiger partial charge in [-0.3, -0.25) is 37.9 Å². The van der Waals surface area contributed by atoms with Gasteiger partial charge in [0.2, 0.25) is 23.6 Å². The molecule has 2 saturated heterocycles. The maximum Gasteiger partial charge on any atom is 0.262 e. The zero-order valence-corrected chi connectivity index (χ0v) is 50.1. The lowest BCUT2D eigenvalue weighted by Gasteiger charge is -2.28. The second-order valence-electron chi connectivity index (χ2n) is 22.3. The van der Waals surface area contributed by atoms with E-state index in [0.29, 0.717) is 84.2 Å². The standard InChI is InChI=1S/C68H78N8O6S2/c1-3-73-63(79)53-43-49-33-21-23-35-51(49)45-55(53)71-67(73)83-59(47-29-17-15-18-30-47)65(81)75-41-27-37-57(75)61(77)69-39-25-13-11-9-7-5-6-8-10-12-14-26-40-70-62(78)58-38-28-42-76(58)66(82)60(48-31-19-16-20-32-48)84-68-72-56-46-52-36-24-22-34-50(52)44-54(56)64(80)74(68)4-2/h15-24,29-36,43-46,57-60H,3-14,25-28,37-42H2,1-2H3,(H,69,77)(H,70,78)/t57-,58-,59-,60?/m1/s1. The Labute approximate surface area is 500 Å². The summed E-state index contributed by atoms with van der Waals surface area (Å²) in [7, 11) is 0. The lowest BCUT2D eigenvalue weighted by atomic mass is 10.0. The molecule has 16 heteroatoms. The van der Waals surface area contributed by atoms with E-state index in [1.807, 2.05) is 147 Å². The monoisotopic (exact) mass is 1170 g/mol. The van der Waals surface area contributed by atoms with Crippen LogP contribution in [0.25, 0.3) is 43.4 Å². The normalized spacial score (nSPS) is 16.0. The molecule has 0 spiro atoms. The molecule has 2 fully saturated rings. The summed E-state index contributed by atoms with van der Waals surface area (Å²) in [6, 6.07) is 41.6. The van der Waals surface area contributed by atoms with Gasteiger partial charge in [0.15, 0.2) is 10.3 Å².